The van der Waals surface area contributed by atoms with Crippen LogP contribution >= 0.6 is 0 Å². The number of amides is 1. The maximum atomic E-state index is 11.7. The molecular weight excluding hydrogens is 200 g/mol. The van der Waals surface area contributed by atoms with Crippen molar-refractivity contribution >= 4 is 11.6 Å². The molecule has 1 aromatic rings. The molecule has 0 aliphatic rings. The molecule has 2 N–H and O–H groups in total. The summed E-state index contributed by atoms with van der Waals surface area (Å²) in [5.74, 6) is 0.00560. The van der Waals surface area contributed by atoms with Crippen LogP contribution < -0.4 is 10.6 Å². The summed E-state index contributed by atoms with van der Waals surface area (Å²) in [7, 11) is 1.78. The summed E-state index contributed by atoms with van der Waals surface area (Å²) in [6, 6.07) is 7.78. The molecular formula is C13H20N2O. The molecule has 16 heavy (non-hydrogen) atoms. The lowest BCUT2D eigenvalue weighted by atomic mass is 10.1. The maximum Gasteiger partial charge on any atom is 0.241 e. The highest BCUT2D eigenvalue weighted by atomic mass is 16.2. The van der Waals surface area contributed by atoms with Gasteiger partial charge >= 0.3 is 0 Å². The Balaban J connectivity index is 2.76. The highest BCUT2D eigenvalue weighted by Crippen LogP contribution is 2.16. The summed E-state index contributed by atoms with van der Waals surface area (Å²) in [6.45, 7) is 3.98. The number of hydrogen-bond donors (Lipinski definition) is 2. The Labute approximate surface area is 97.2 Å². The van der Waals surface area contributed by atoms with Gasteiger partial charge in [0.15, 0.2) is 0 Å². The van der Waals surface area contributed by atoms with Crippen LogP contribution in [0.15, 0.2) is 24.3 Å². The van der Waals surface area contributed by atoms with Crippen molar-refractivity contribution in [1.82, 2.24) is 5.32 Å². The predicted molar refractivity (Wildman–Crippen MR) is 67.6 cm³/mol. The van der Waals surface area contributed by atoms with E-state index >= 15 is 0 Å². The monoisotopic (exact) mass is 220 g/mol. The number of likely N-dealkylation sites (N-methyl/N-ethyl adjacent to an activating group) is 1. The van der Waals surface area contributed by atoms with E-state index in [1.165, 1.54) is 5.56 Å². The van der Waals surface area contributed by atoms with Gasteiger partial charge in [-0.15, -0.1) is 0 Å². The molecule has 88 valence electrons. The molecule has 0 aliphatic heterocycles. The topological polar surface area (TPSA) is 41.1 Å². The molecule has 0 aliphatic carbocycles. The average molecular weight is 220 g/mol. The van der Waals surface area contributed by atoms with Crippen LogP contribution in [0.5, 0.6) is 0 Å². The molecule has 0 aromatic heterocycles. The van der Waals surface area contributed by atoms with Crippen molar-refractivity contribution in [3.05, 3.63) is 29.8 Å². The molecule has 3 nitrogen and oxygen atoms in total. The fourth-order valence-electron chi connectivity index (χ4n) is 1.50. The van der Waals surface area contributed by atoms with Gasteiger partial charge < -0.3 is 10.6 Å². The Bertz CT molecular complexity index is 350. The third-order valence-electron chi connectivity index (χ3n) is 2.62. The van der Waals surface area contributed by atoms with E-state index in [2.05, 4.69) is 23.6 Å². The number of nitrogens with one attached hydrogen (secondary N) is 2. The standard InChI is InChI=1S/C13H20N2O/c1-4-7-11-8-5-6-9-12(11)15-13(16)10(2)14-3/h5-6,8-10,14H,4,7H2,1-3H3,(H,15,16). The van der Waals surface area contributed by atoms with Crippen LogP contribution in [0.1, 0.15) is 25.8 Å². The van der Waals surface area contributed by atoms with E-state index in [9.17, 15) is 4.79 Å². The maximum absolute atomic E-state index is 11.7. The second-order valence-corrected chi connectivity index (χ2v) is 3.91. The summed E-state index contributed by atoms with van der Waals surface area (Å²) in [5, 5.41) is 5.87. The number of rotatable bonds is 5. The molecule has 1 rings (SSSR count). The van der Waals surface area contributed by atoms with E-state index in [0.717, 1.165) is 18.5 Å². The van der Waals surface area contributed by atoms with Crippen LogP contribution in [0.4, 0.5) is 5.69 Å². The first-order valence-corrected chi connectivity index (χ1v) is 5.75. The Morgan fingerprint density at radius 2 is 2.06 bits per heavy atom. The zero-order valence-corrected chi connectivity index (χ0v) is 10.2. The molecule has 1 amide bonds. The van der Waals surface area contributed by atoms with Crippen LogP contribution in [0.2, 0.25) is 0 Å². The zero-order chi connectivity index (χ0) is 12.0. The van der Waals surface area contributed by atoms with Crippen molar-refractivity contribution in [3.8, 4) is 0 Å². The molecule has 0 spiro atoms. The minimum Gasteiger partial charge on any atom is -0.324 e. The Kier molecular flexibility index (Phi) is 4.99. The van der Waals surface area contributed by atoms with E-state index in [4.69, 9.17) is 0 Å². The van der Waals surface area contributed by atoms with Crippen molar-refractivity contribution in [2.45, 2.75) is 32.7 Å². The largest absolute Gasteiger partial charge is 0.324 e. The van der Waals surface area contributed by atoms with Crippen LogP contribution in [0.25, 0.3) is 0 Å². The summed E-state index contributed by atoms with van der Waals surface area (Å²) < 4.78 is 0. The zero-order valence-electron chi connectivity index (χ0n) is 10.2. The second-order valence-electron chi connectivity index (χ2n) is 3.91. The SMILES string of the molecule is CCCc1ccccc1NC(=O)C(C)NC. The lowest BCUT2D eigenvalue weighted by molar-refractivity contribution is -0.117. The fraction of sp³-hybridized carbons (Fsp3) is 0.462. The van der Waals surface area contributed by atoms with E-state index in [1.54, 1.807) is 7.05 Å². The number of carbonyl (C=O) groups excluding carboxylic acids is 1. The molecule has 0 bridgehead atoms. The quantitative estimate of drug-likeness (QED) is 0.798. The highest BCUT2D eigenvalue weighted by Gasteiger charge is 2.11. The van der Waals surface area contributed by atoms with Gasteiger partial charge in [0.05, 0.1) is 6.04 Å². The number of aryl methyl sites for hydroxylation is 1. The minimum atomic E-state index is -0.172. The third-order valence-corrected chi connectivity index (χ3v) is 2.62. The van der Waals surface area contributed by atoms with Crippen molar-refractivity contribution in [2.24, 2.45) is 0 Å². The molecule has 0 saturated heterocycles. The van der Waals surface area contributed by atoms with Crippen molar-refractivity contribution in [1.29, 1.82) is 0 Å². The van der Waals surface area contributed by atoms with Crippen molar-refractivity contribution in [2.75, 3.05) is 12.4 Å². The second kappa shape index (κ2) is 6.28. The average Bonchev–Trinajstić information content (AvgIpc) is 2.31. The first-order valence-electron chi connectivity index (χ1n) is 5.75. The lowest BCUT2D eigenvalue weighted by Gasteiger charge is -2.13. The summed E-state index contributed by atoms with van der Waals surface area (Å²) >= 11 is 0. The van der Waals surface area contributed by atoms with Gasteiger partial charge in [0, 0.05) is 5.69 Å². The summed E-state index contributed by atoms with van der Waals surface area (Å²) in [6.07, 6.45) is 2.07. The van der Waals surface area contributed by atoms with Gasteiger partial charge in [-0.1, -0.05) is 31.5 Å². The van der Waals surface area contributed by atoms with Crippen LogP contribution in [-0.4, -0.2) is 19.0 Å². The number of anilines is 1. The third kappa shape index (κ3) is 3.35. The number of carbonyl (C=O) groups is 1. The normalized spacial score (nSPS) is 12.2. The molecule has 3 heteroatoms. The van der Waals surface area contributed by atoms with Gasteiger partial charge in [-0.3, -0.25) is 4.79 Å². The molecule has 1 aromatic carbocycles. The van der Waals surface area contributed by atoms with Crippen molar-refractivity contribution < 1.29 is 4.79 Å². The van der Waals surface area contributed by atoms with E-state index < -0.39 is 0 Å². The Morgan fingerprint density at radius 3 is 2.69 bits per heavy atom. The number of para-hydroxylation sites is 1. The van der Waals surface area contributed by atoms with Gasteiger partial charge in [0.25, 0.3) is 0 Å². The smallest absolute Gasteiger partial charge is 0.241 e. The lowest BCUT2D eigenvalue weighted by Crippen LogP contribution is -2.35. The van der Waals surface area contributed by atoms with E-state index in [-0.39, 0.29) is 11.9 Å². The van der Waals surface area contributed by atoms with Gasteiger partial charge in [0.1, 0.15) is 0 Å². The molecule has 0 fully saturated rings. The Hall–Kier alpha value is -1.35. The minimum absolute atomic E-state index is 0.00560. The number of benzene rings is 1. The number of hydrogen-bond acceptors (Lipinski definition) is 2. The van der Waals surface area contributed by atoms with E-state index in [0.29, 0.717) is 0 Å². The first kappa shape index (κ1) is 12.7. The van der Waals surface area contributed by atoms with Gasteiger partial charge in [-0.25, -0.2) is 0 Å². The summed E-state index contributed by atoms with van der Waals surface area (Å²) in [4.78, 5) is 11.7. The molecule has 0 radical (unpaired) electrons. The summed E-state index contributed by atoms with van der Waals surface area (Å²) in [5.41, 5.74) is 2.12. The van der Waals surface area contributed by atoms with Gasteiger partial charge in [-0.05, 0) is 32.0 Å². The van der Waals surface area contributed by atoms with Crippen LogP contribution in [-0.2, 0) is 11.2 Å². The predicted octanol–water partition coefficient (Wildman–Crippen LogP) is 2.19. The molecule has 1 unspecified atom stereocenters. The fourth-order valence-corrected chi connectivity index (χ4v) is 1.50. The van der Waals surface area contributed by atoms with Gasteiger partial charge in [0.2, 0.25) is 5.91 Å². The highest BCUT2D eigenvalue weighted by molar-refractivity contribution is 5.95. The van der Waals surface area contributed by atoms with E-state index in [1.807, 2.05) is 25.1 Å². The molecule has 1 atom stereocenters. The molecule has 0 saturated carbocycles. The Morgan fingerprint density at radius 1 is 1.38 bits per heavy atom. The van der Waals surface area contributed by atoms with Crippen molar-refractivity contribution in [3.63, 3.8) is 0 Å². The van der Waals surface area contributed by atoms with Gasteiger partial charge in [-0.2, -0.15) is 0 Å². The first-order chi connectivity index (χ1) is 7.69. The molecule has 0 heterocycles. The van der Waals surface area contributed by atoms with Crippen LogP contribution in [0, 0.1) is 0 Å². The van der Waals surface area contributed by atoms with Crippen LogP contribution in [0.3, 0.4) is 0 Å².